The van der Waals surface area contributed by atoms with Crippen LogP contribution in [-0.4, -0.2) is 25.1 Å². The summed E-state index contributed by atoms with van der Waals surface area (Å²) in [5.74, 6) is 1.29. The maximum Gasteiger partial charge on any atom is 0.270 e. The summed E-state index contributed by atoms with van der Waals surface area (Å²) in [6.07, 6.45) is 1.62. The molecule has 0 spiro atoms. The number of benzene rings is 2. The number of ether oxygens (including phenoxy) is 2. The van der Waals surface area contributed by atoms with Crippen molar-refractivity contribution in [3.63, 3.8) is 0 Å². The number of anilines is 2. The lowest BCUT2D eigenvalue weighted by Gasteiger charge is -2.11. The van der Waals surface area contributed by atoms with Crippen molar-refractivity contribution in [3.8, 4) is 11.5 Å². The number of hydrogen-bond acceptors (Lipinski definition) is 5. The van der Waals surface area contributed by atoms with E-state index in [1.54, 1.807) is 26.5 Å². The van der Waals surface area contributed by atoms with Gasteiger partial charge in [-0.15, -0.1) is 0 Å². The standard InChI is InChI=1S/C21H21N3O3/c1-26-17-10-7-15(8-11-17)13-23-21(25)19-12-9-16(14-22-19)24-18-5-3-4-6-20(18)27-2/h3-12,14,24H,13H2,1-2H3,(H,23,25). The van der Waals surface area contributed by atoms with E-state index < -0.39 is 0 Å². The van der Waals surface area contributed by atoms with Crippen LogP contribution in [0.5, 0.6) is 11.5 Å². The van der Waals surface area contributed by atoms with E-state index >= 15 is 0 Å². The zero-order valence-corrected chi connectivity index (χ0v) is 15.2. The lowest BCUT2D eigenvalue weighted by Crippen LogP contribution is -2.23. The van der Waals surface area contributed by atoms with E-state index in [4.69, 9.17) is 9.47 Å². The molecule has 1 heterocycles. The molecule has 0 unspecified atom stereocenters. The molecule has 3 aromatic rings. The molecule has 0 aliphatic rings. The molecule has 0 saturated carbocycles. The van der Waals surface area contributed by atoms with Gasteiger partial charge in [0.25, 0.3) is 5.91 Å². The Hall–Kier alpha value is -3.54. The van der Waals surface area contributed by atoms with Gasteiger partial charge in [-0.25, -0.2) is 4.98 Å². The summed E-state index contributed by atoms with van der Waals surface area (Å²) in [6, 6.07) is 18.6. The van der Waals surface area contributed by atoms with Gasteiger partial charge in [-0.05, 0) is 42.0 Å². The minimum Gasteiger partial charge on any atom is -0.497 e. The summed E-state index contributed by atoms with van der Waals surface area (Å²) < 4.78 is 10.4. The quantitative estimate of drug-likeness (QED) is 0.668. The Kier molecular flexibility index (Phi) is 5.89. The molecule has 2 N–H and O–H groups in total. The third-order valence-electron chi connectivity index (χ3n) is 3.99. The Morgan fingerprint density at radius 2 is 1.74 bits per heavy atom. The van der Waals surface area contributed by atoms with Gasteiger partial charge in [0.05, 0.1) is 31.8 Å². The molecule has 0 saturated heterocycles. The van der Waals surface area contributed by atoms with Crippen LogP contribution >= 0.6 is 0 Å². The summed E-state index contributed by atoms with van der Waals surface area (Å²) >= 11 is 0. The Labute approximate surface area is 158 Å². The SMILES string of the molecule is COc1ccc(CNC(=O)c2ccc(Nc3ccccc3OC)cn2)cc1. The highest BCUT2D eigenvalue weighted by Gasteiger charge is 2.08. The number of amides is 1. The van der Waals surface area contributed by atoms with Crippen LogP contribution < -0.4 is 20.1 Å². The van der Waals surface area contributed by atoms with Crippen LogP contribution in [0.15, 0.2) is 66.9 Å². The molecular formula is C21H21N3O3. The van der Waals surface area contributed by atoms with Crippen LogP contribution in [-0.2, 0) is 6.54 Å². The number of nitrogens with one attached hydrogen (secondary N) is 2. The van der Waals surface area contributed by atoms with Crippen LogP contribution in [0, 0.1) is 0 Å². The molecule has 1 amide bonds. The molecule has 138 valence electrons. The average Bonchev–Trinajstić information content (AvgIpc) is 2.73. The first-order valence-electron chi connectivity index (χ1n) is 8.47. The fourth-order valence-corrected chi connectivity index (χ4v) is 2.52. The summed E-state index contributed by atoms with van der Waals surface area (Å²) in [7, 11) is 3.24. The third kappa shape index (κ3) is 4.76. The molecule has 0 bridgehead atoms. The number of para-hydroxylation sites is 2. The van der Waals surface area contributed by atoms with E-state index in [9.17, 15) is 4.79 Å². The van der Waals surface area contributed by atoms with Crippen molar-refractivity contribution in [3.05, 3.63) is 78.1 Å². The Morgan fingerprint density at radius 3 is 2.41 bits per heavy atom. The number of hydrogen-bond donors (Lipinski definition) is 2. The highest BCUT2D eigenvalue weighted by atomic mass is 16.5. The molecule has 0 aliphatic heterocycles. The van der Waals surface area contributed by atoms with E-state index in [1.165, 1.54) is 0 Å². The molecule has 2 aromatic carbocycles. The van der Waals surface area contributed by atoms with Crippen LogP contribution in [0.25, 0.3) is 0 Å². The monoisotopic (exact) mass is 363 g/mol. The Bertz CT molecular complexity index is 893. The second-order valence-corrected chi connectivity index (χ2v) is 5.79. The zero-order chi connectivity index (χ0) is 19.1. The zero-order valence-electron chi connectivity index (χ0n) is 15.2. The lowest BCUT2D eigenvalue weighted by molar-refractivity contribution is 0.0946. The molecule has 27 heavy (non-hydrogen) atoms. The fourth-order valence-electron chi connectivity index (χ4n) is 2.52. The summed E-state index contributed by atoms with van der Waals surface area (Å²) in [5, 5.41) is 6.08. The van der Waals surface area contributed by atoms with Gasteiger partial charge in [0.2, 0.25) is 0 Å². The molecule has 0 atom stereocenters. The van der Waals surface area contributed by atoms with Crippen LogP contribution in [0.1, 0.15) is 16.1 Å². The topological polar surface area (TPSA) is 72.5 Å². The molecule has 3 rings (SSSR count). The van der Waals surface area contributed by atoms with E-state index in [-0.39, 0.29) is 5.91 Å². The fraction of sp³-hybridized carbons (Fsp3) is 0.143. The minimum atomic E-state index is -0.227. The van der Waals surface area contributed by atoms with E-state index in [2.05, 4.69) is 15.6 Å². The molecule has 6 heteroatoms. The van der Waals surface area contributed by atoms with Crippen molar-refractivity contribution >= 4 is 17.3 Å². The second kappa shape index (κ2) is 8.71. The van der Waals surface area contributed by atoms with Crippen molar-refractivity contribution in [2.24, 2.45) is 0 Å². The van der Waals surface area contributed by atoms with Crippen LogP contribution in [0.4, 0.5) is 11.4 Å². The van der Waals surface area contributed by atoms with Crippen LogP contribution in [0.2, 0.25) is 0 Å². The summed E-state index contributed by atoms with van der Waals surface area (Å²) in [4.78, 5) is 16.5. The number of pyridine rings is 1. The third-order valence-corrected chi connectivity index (χ3v) is 3.99. The first kappa shape index (κ1) is 18.3. The highest BCUT2D eigenvalue weighted by molar-refractivity contribution is 5.92. The van der Waals surface area contributed by atoms with Gasteiger partial charge in [0, 0.05) is 6.54 Å². The largest absolute Gasteiger partial charge is 0.497 e. The maximum absolute atomic E-state index is 12.3. The first-order valence-corrected chi connectivity index (χ1v) is 8.47. The van der Waals surface area contributed by atoms with Gasteiger partial charge in [-0.2, -0.15) is 0 Å². The van der Waals surface area contributed by atoms with Gasteiger partial charge in [-0.1, -0.05) is 24.3 Å². The van der Waals surface area contributed by atoms with Crippen molar-refractivity contribution in [2.75, 3.05) is 19.5 Å². The predicted molar refractivity (Wildman–Crippen MR) is 105 cm³/mol. The lowest BCUT2D eigenvalue weighted by atomic mass is 10.2. The molecule has 0 fully saturated rings. The number of carbonyl (C=O) groups excluding carboxylic acids is 1. The number of rotatable bonds is 7. The first-order chi connectivity index (χ1) is 13.2. The van der Waals surface area contributed by atoms with Gasteiger partial charge < -0.3 is 20.1 Å². The predicted octanol–water partition coefficient (Wildman–Crippen LogP) is 3.77. The average molecular weight is 363 g/mol. The molecule has 1 aromatic heterocycles. The Morgan fingerprint density at radius 1 is 0.963 bits per heavy atom. The second-order valence-electron chi connectivity index (χ2n) is 5.79. The van der Waals surface area contributed by atoms with Gasteiger partial charge in [-0.3, -0.25) is 4.79 Å². The maximum atomic E-state index is 12.3. The van der Waals surface area contributed by atoms with E-state index in [0.29, 0.717) is 12.2 Å². The van der Waals surface area contributed by atoms with Gasteiger partial charge in [0.15, 0.2) is 0 Å². The molecule has 0 aliphatic carbocycles. The van der Waals surface area contributed by atoms with Crippen molar-refractivity contribution in [1.82, 2.24) is 10.3 Å². The number of carbonyl (C=O) groups is 1. The van der Waals surface area contributed by atoms with E-state index in [1.807, 2.05) is 54.6 Å². The van der Waals surface area contributed by atoms with Crippen molar-refractivity contribution in [2.45, 2.75) is 6.54 Å². The normalized spacial score (nSPS) is 10.1. The number of nitrogens with zero attached hydrogens (tertiary/aromatic N) is 1. The van der Waals surface area contributed by atoms with Gasteiger partial charge >= 0.3 is 0 Å². The highest BCUT2D eigenvalue weighted by Crippen LogP contribution is 2.26. The van der Waals surface area contributed by atoms with Crippen molar-refractivity contribution in [1.29, 1.82) is 0 Å². The Balaban J connectivity index is 1.59. The van der Waals surface area contributed by atoms with E-state index in [0.717, 1.165) is 28.4 Å². The smallest absolute Gasteiger partial charge is 0.270 e. The molecule has 6 nitrogen and oxygen atoms in total. The van der Waals surface area contributed by atoms with Gasteiger partial charge in [0.1, 0.15) is 17.2 Å². The van der Waals surface area contributed by atoms with Crippen molar-refractivity contribution < 1.29 is 14.3 Å². The number of aromatic nitrogens is 1. The molecular weight excluding hydrogens is 342 g/mol. The number of methoxy groups -OCH3 is 2. The van der Waals surface area contributed by atoms with Crippen LogP contribution in [0.3, 0.4) is 0 Å². The minimum absolute atomic E-state index is 0.227. The molecule has 0 radical (unpaired) electrons. The summed E-state index contributed by atoms with van der Waals surface area (Å²) in [5.41, 5.74) is 2.94. The summed E-state index contributed by atoms with van der Waals surface area (Å²) in [6.45, 7) is 0.422.